The molecule has 2 N–H and O–H groups in total. The molecule has 0 aliphatic heterocycles. The third kappa shape index (κ3) is 7.63. The largest absolute Gasteiger partial charge is 0.383 e. The molecule has 0 saturated heterocycles. The summed E-state index contributed by atoms with van der Waals surface area (Å²) in [7, 11) is 1.64. The predicted octanol–water partition coefficient (Wildman–Crippen LogP) is 0.688. The maximum Gasteiger partial charge on any atom is 0.234 e. The maximum atomic E-state index is 11.4. The summed E-state index contributed by atoms with van der Waals surface area (Å²) in [6.45, 7) is 2.88. The van der Waals surface area contributed by atoms with Crippen LogP contribution in [-0.2, 0) is 14.3 Å². The van der Waals surface area contributed by atoms with Gasteiger partial charge >= 0.3 is 0 Å². The molecule has 5 nitrogen and oxygen atoms in total. The van der Waals surface area contributed by atoms with Crippen molar-refractivity contribution in [2.45, 2.75) is 38.2 Å². The van der Waals surface area contributed by atoms with Crippen molar-refractivity contribution in [3.8, 4) is 0 Å². The fourth-order valence-electron chi connectivity index (χ4n) is 2.09. The van der Waals surface area contributed by atoms with Crippen LogP contribution in [0.2, 0.25) is 0 Å². The first kappa shape index (κ1) is 15.4. The number of methoxy groups -OCH3 is 1. The summed E-state index contributed by atoms with van der Waals surface area (Å²) in [5.74, 6) is 0.0124. The van der Waals surface area contributed by atoms with Crippen molar-refractivity contribution in [1.82, 2.24) is 10.6 Å². The van der Waals surface area contributed by atoms with Crippen molar-refractivity contribution in [3.05, 3.63) is 0 Å². The van der Waals surface area contributed by atoms with Crippen LogP contribution < -0.4 is 10.6 Å². The fourth-order valence-corrected chi connectivity index (χ4v) is 2.09. The first-order valence-corrected chi connectivity index (χ1v) is 6.91. The molecule has 1 aliphatic rings. The zero-order valence-corrected chi connectivity index (χ0v) is 11.4. The average Bonchev–Trinajstić information content (AvgIpc) is 2.41. The molecule has 0 spiro atoms. The van der Waals surface area contributed by atoms with Gasteiger partial charge in [0.15, 0.2) is 0 Å². The zero-order valence-electron chi connectivity index (χ0n) is 11.4. The molecule has 1 aliphatic carbocycles. The second-order valence-electron chi connectivity index (χ2n) is 4.65. The minimum absolute atomic E-state index is 0.0124. The van der Waals surface area contributed by atoms with E-state index >= 15 is 0 Å². The Balaban J connectivity index is 1.88. The van der Waals surface area contributed by atoms with Crippen LogP contribution in [0, 0.1) is 0 Å². The minimum Gasteiger partial charge on any atom is -0.383 e. The summed E-state index contributed by atoms with van der Waals surface area (Å²) in [6, 6.07) is 0. The number of ether oxygens (including phenoxy) is 2. The molecule has 18 heavy (non-hydrogen) atoms. The van der Waals surface area contributed by atoms with E-state index in [1.54, 1.807) is 7.11 Å². The summed E-state index contributed by atoms with van der Waals surface area (Å²) in [6.07, 6.45) is 6.65. The molecule has 0 aromatic rings. The highest BCUT2D eigenvalue weighted by atomic mass is 16.5. The molecule has 1 fully saturated rings. The molecule has 1 amide bonds. The van der Waals surface area contributed by atoms with Gasteiger partial charge in [-0.1, -0.05) is 19.3 Å². The highest BCUT2D eigenvalue weighted by Gasteiger charge is 2.13. The fraction of sp³-hybridized carbons (Fsp3) is 0.923. The first-order chi connectivity index (χ1) is 8.83. The topological polar surface area (TPSA) is 59.6 Å². The number of nitrogens with one attached hydrogen (secondary N) is 2. The number of hydrogen-bond donors (Lipinski definition) is 2. The van der Waals surface area contributed by atoms with Crippen LogP contribution in [0.1, 0.15) is 32.1 Å². The smallest absolute Gasteiger partial charge is 0.234 e. The Bertz CT molecular complexity index is 218. The molecule has 0 aromatic heterocycles. The molecule has 0 heterocycles. The summed E-state index contributed by atoms with van der Waals surface area (Å²) in [4.78, 5) is 11.4. The molecule has 0 atom stereocenters. The Morgan fingerprint density at radius 1 is 1.17 bits per heavy atom. The number of carbonyl (C=O) groups is 1. The van der Waals surface area contributed by atoms with Crippen LogP contribution in [0.3, 0.4) is 0 Å². The Hall–Kier alpha value is -0.650. The number of hydrogen-bond acceptors (Lipinski definition) is 4. The molecule has 1 saturated carbocycles. The van der Waals surface area contributed by atoms with E-state index in [-0.39, 0.29) is 5.91 Å². The molecule has 1 rings (SSSR count). The second-order valence-corrected chi connectivity index (χ2v) is 4.65. The van der Waals surface area contributed by atoms with Gasteiger partial charge in [0.25, 0.3) is 0 Å². The monoisotopic (exact) mass is 258 g/mol. The lowest BCUT2D eigenvalue weighted by Crippen LogP contribution is -2.37. The molecular weight excluding hydrogens is 232 g/mol. The lowest BCUT2D eigenvalue weighted by molar-refractivity contribution is -0.120. The van der Waals surface area contributed by atoms with Crippen molar-refractivity contribution < 1.29 is 14.3 Å². The van der Waals surface area contributed by atoms with Crippen LogP contribution in [0.15, 0.2) is 0 Å². The standard InChI is InChI=1S/C13H26N2O3/c1-17-9-7-14-11-13(16)15-8-10-18-12-5-3-2-4-6-12/h12,14H,2-11H2,1H3,(H,15,16). The molecular formula is C13H26N2O3. The van der Waals surface area contributed by atoms with Crippen LogP contribution in [0.25, 0.3) is 0 Å². The maximum absolute atomic E-state index is 11.4. The average molecular weight is 258 g/mol. The van der Waals surface area contributed by atoms with E-state index in [0.717, 1.165) is 0 Å². The van der Waals surface area contributed by atoms with E-state index in [2.05, 4.69) is 10.6 Å². The summed E-state index contributed by atoms with van der Waals surface area (Å²) in [5, 5.41) is 5.83. The third-order valence-corrected chi connectivity index (χ3v) is 3.10. The molecule has 0 unspecified atom stereocenters. The predicted molar refractivity (Wildman–Crippen MR) is 70.6 cm³/mol. The van der Waals surface area contributed by atoms with Crippen LogP contribution in [0.5, 0.6) is 0 Å². The van der Waals surface area contributed by atoms with Gasteiger partial charge in [-0.2, -0.15) is 0 Å². The van der Waals surface area contributed by atoms with Gasteiger partial charge in [-0.05, 0) is 12.8 Å². The van der Waals surface area contributed by atoms with E-state index in [4.69, 9.17) is 9.47 Å². The summed E-state index contributed by atoms with van der Waals surface area (Å²) >= 11 is 0. The van der Waals surface area contributed by atoms with E-state index in [9.17, 15) is 4.79 Å². The first-order valence-electron chi connectivity index (χ1n) is 6.91. The highest BCUT2D eigenvalue weighted by Crippen LogP contribution is 2.19. The van der Waals surface area contributed by atoms with Crippen molar-refractivity contribution in [1.29, 1.82) is 0 Å². The van der Waals surface area contributed by atoms with Crippen molar-refractivity contribution in [3.63, 3.8) is 0 Å². The highest BCUT2D eigenvalue weighted by molar-refractivity contribution is 5.77. The van der Waals surface area contributed by atoms with Gasteiger partial charge in [0.2, 0.25) is 5.91 Å². The number of amides is 1. The lowest BCUT2D eigenvalue weighted by Gasteiger charge is -2.22. The van der Waals surface area contributed by atoms with E-state index in [1.165, 1.54) is 32.1 Å². The van der Waals surface area contributed by atoms with Crippen LogP contribution in [0.4, 0.5) is 0 Å². The van der Waals surface area contributed by atoms with Gasteiger partial charge in [-0.25, -0.2) is 0 Å². The Morgan fingerprint density at radius 3 is 2.67 bits per heavy atom. The summed E-state index contributed by atoms with van der Waals surface area (Å²) in [5.41, 5.74) is 0. The lowest BCUT2D eigenvalue weighted by atomic mass is 9.98. The van der Waals surface area contributed by atoms with Crippen LogP contribution >= 0.6 is 0 Å². The normalized spacial score (nSPS) is 16.7. The third-order valence-electron chi connectivity index (χ3n) is 3.10. The van der Waals surface area contributed by atoms with E-state index in [1.807, 2.05) is 0 Å². The van der Waals surface area contributed by atoms with Gasteiger partial charge in [-0.15, -0.1) is 0 Å². The van der Waals surface area contributed by atoms with Gasteiger partial charge < -0.3 is 20.1 Å². The molecule has 5 heteroatoms. The Kier molecular flexibility index (Phi) is 8.81. The molecule has 106 valence electrons. The quantitative estimate of drug-likeness (QED) is 0.597. The van der Waals surface area contributed by atoms with Gasteiger partial charge in [-0.3, -0.25) is 4.79 Å². The summed E-state index contributed by atoms with van der Waals surface area (Å²) < 4.78 is 10.6. The molecule has 0 bridgehead atoms. The van der Waals surface area contributed by atoms with Crippen LogP contribution in [-0.4, -0.2) is 52.0 Å². The van der Waals surface area contributed by atoms with Gasteiger partial charge in [0.1, 0.15) is 0 Å². The SMILES string of the molecule is COCCNCC(=O)NCCOC1CCCCC1. The van der Waals surface area contributed by atoms with Gasteiger partial charge in [0.05, 0.1) is 25.9 Å². The number of rotatable bonds is 9. The van der Waals surface area contributed by atoms with Crippen molar-refractivity contribution in [2.24, 2.45) is 0 Å². The second kappa shape index (κ2) is 10.3. The van der Waals surface area contributed by atoms with E-state index < -0.39 is 0 Å². The zero-order chi connectivity index (χ0) is 13.1. The Morgan fingerprint density at radius 2 is 1.94 bits per heavy atom. The van der Waals surface area contributed by atoms with Crippen molar-refractivity contribution >= 4 is 5.91 Å². The van der Waals surface area contributed by atoms with Gasteiger partial charge in [0, 0.05) is 20.2 Å². The van der Waals surface area contributed by atoms with E-state index in [0.29, 0.717) is 39.0 Å². The molecule has 0 radical (unpaired) electrons. The minimum atomic E-state index is 0.0124. The Labute approximate surface area is 110 Å². The van der Waals surface area contributed by atoms with Crippen molar-refractivity contribution in [2.75, 3.05) is 40.0 Å². The number of carbonyl (C=O) groups excluding carboxylic acids is 1. The molecule has 0 aromatic carbocycles.